The Morgan fingerprint density at radius 2 is 1.76 bits per heavy atom. The van der Waals surface area contributed by atoms with E-state index in [4.69, 9.17) is 14.2 Å². The van der Waals surface area contributed by atoms with Gasteiger partial charge >= 0.3 is 6.09 Å². The fourth-order valence-corrected chi connectivity index (χ4v) is 2.02. The molecule has 0 aromatic heterocycles. The van der Waals surface area contributed by atoms with Gasteiger partial charge in [-0.25, -0.2) is 4.79 Å². The van der Waals surface area contributed by atoms with Crippen molar-refractivity contribution in [2.24, 2.45) is 0 Å². The molecule has 0 radical (unpaired) electrons. The lowest BCUT2D eigenvalue weighted by Gasteiger charge is -2.21. The molecule has 6 heteroatoms. The Hall–Kier alpha value is -1.56. The Kier molecular flexibility index (Phi) is 6.20. The largest absolute Gasteiger partial charge is 0.493 e. The van der Waals surface area contributed by atoms with Gasteiger partial charge in [0.25, 0.3) is 0 Å². The van der Waals surface area contributed by atoms with E-state index in [9.17, 15) is 4.79 Å². The van der Waals surface area contributed by atoms with Crippen molar-refractivity contribution in [3.8, 4) is 11.5 Å². The first kappa shape index (κ1) is 17.5. The molecule has 0 heterocycles. The molecule has 0 unspecified atom stereocenters. The van der Waals surface area contributed by atoms with E-state index in [0.29, 0.717) is 29.4 Å². The van der Waals surface area contributed by atoms with Crippen molar-refractivity contribution >= 4 is 24.4 Å². The van der Waals surface area contributed by atoms with Crippen molar-refractivity contribution in [2.45, 2.75) is 32.8 Å². The lowest BCUT2D eigenvalue weighted by atomic mass is 10.1. The highest BCUT2D eigenvalue weighted by Crippen LogP contribution is 2.34. The first-order chi connectivity index (χ1) is 9.80. The molecule has 118 valence electrons. The summed E-state index contributed by atoms with van der Waals surface area (Å²) in [4.78, 5) is 11.9. The summed E-state index contributed by atoms with van der Waals surface area (Å²) in [6.07, 6.45) is 0.185. The molecule has 0 fully saturated rings. The van der Waals surface area contributed by atoms with Crippen LogP contribution in [0, 0.1) is 0 Å². The molecule has 1 amide bonds. The lowest BCUT2D eigenvalue weighted by molar-refractivity contribution is 0.0636. The molecule has 0 aliphatic heterocycles. The summed E-state index contributed by atoms with van der Waals surface area (Å²) in [6, 6.07) is 3.56. The SMILES string of the molecule is COc1cc(CCS)c(NC(=O)OC(C)(C)C)cc1OC. The van der Waals surface area contributed by atoms with Crippen molar-refractivity contribution in [3.63, 3.8) is 0 Å². The van der Waals surface area contributed by atoms with Crippen molar-refractivity contribution in [2.75, 3.05) is 25.3 Å². The summed E-state index contributed by atoms with van der Waals surface area (Å²) >= 11 is 4.24. The average Bonchev–Trinajstić information content (AvgIpc) is 2.38. The number of thiol groups is 1. The van der Waals surface area contributed by atoms with Crippen LogP contribution in [0.25, 0.3) is 0 Å². The summed E-state index contributed by atoms with van der Waals surface area (Å²) in [7, 11) is 3.12. The van der Waals surface area contributed by atoms with Crippen LogP contribution >= 0.6 is 12.6 Å². The number of carbonyl (C=O) groups is 1. The minimum atomic E-state index is -0.551. The molecule has 1 aromatic carbocycles. The van der Waals surface area contributed by atoms with Gasteiger partial charge in [-0.3, -0.25) is 5.32 Å². The van der Waals surface area contributed by atoms with Gasteiger partial charge < -0.3 is 14.2 Å². The Balaban J connectivity index is 3.05. The van der Waals surface area contributed by atoms with E-state index < -0.39 is 11.7 Å². The summed E-state index contributed by atoms with van der Waals surface area (Å²) in [6.45, 7) is 5.45. The number of ether oxygens (including phenoxy) is 3. The average molecular weight is 313 g/mol. The molecule has 0 atom stereocenters. The zero-order valence-electron chi connectivity index (χ0n) is 13.1. The molecule has 0 aliphatic rings. The molecule has 21 heavy (non-hydrogen) atoms. The van der Waals surface area contributed by atoms with Gasteiger partial charge in [-0.15, -0.1) is 0 Å². The Bertz CT molecular complexity index is 497. The monoisotopic (exact) mass is 313 g/mol. The Labute approximate surface area is 131 Å². The third kappa shape index (κ3) is 5.38. The maximum atomic E-state index is 11.9. The molecule has 1 N–H and O–H groups in total. The second kappa shape index (κ2) is 7.45. The number of nitrogens with one attached hydrogen (secondary N) is 1. The minimum Gasteiger partial charge on any atom is -0.493 e. The zero-order chi connectivity index (χ0) is 16.0. The van der Waals surface area contributed by atoms with E-state index >= 15 is 0 Å². The number of hydrogen-bond acceptors (Lipinski definition) is 5. The number of amides is 1. The van der Waals surface area contributed by atoms with Crippen LogP contribution in [0.4, 0.5) is 10.5 Å². The van der Waals surface area contributed by atoms with Crippen LogP contribution in [0.2, 0.25) is 0 Å². The molecule has 1 rings (SSSR count). The van der Waals surface area contributed by atoms with E-state index in [-0.39, 0.29) is 0 Å². The van der Waals surface area contributed by atoms with Gasteiger partial charge in [0.15, 0.2) is 11.5 Å². The maximum Gasteiger partial charge on any atom is 0.412 e. The van der Waals surface area contributed by atoms with Crippen molar-refractivity contribution in [1.29, 1.82) is 0 Å². The van der Waals surface area contributed by atoms with Crippen LogP contribution in [0.5, 0.6) is 11.5 Å². The number of benzene rings is 1. The summed E-state index contributed by atoms with van der Waals surface area (Å²) in [5.41, 5.74) is 0.995. The van der Waals surface area contributed by atoms with Crippen LogP contribution < -0.4 is 14.8 Å². The van der Waals surface area contributed by atoms with Gasteiger partial charge in [-0.05, 0) is 44.6 Å². The van der Waals surface area contributed by atoms with E-state index in [1.54, 1.807) is 20.3 Å². The molecule has 0 aliphatic carbocycles. The van der Waals surface area contributed by atoms with Gasteiger partial charge in [0.2, 0.25) is 0 Å². The number of rotatable bonds is 5. The third-order valence-electron chi connectivity index (χ3n) is 2.63. The minimum absolute atomic E-state index is 0.505. The van der Waals surface area contributed by atoms with E-state index in [0.717, 1.165) is 5.56 Å². The van der Waals surface area contributed by atoms with Gasteiger partial charge in [0.1, 0.15) is 5.60 Å². The molecular formula is C15H23NO4S. The predicted octanol–water partition coefficient (Wildman–Crippen LogP) is 3.52. The van der Waals surface area contributed by atoms with Crippen LogP contribution in [-0.4, -0.2) is 31.7 Å². The predicted molar refractivity (Wildman–Crippen MR) is 87.0 cm³/mol. The van der Waals surface area contributed by atoms with Crippen molar-refractivity contribution in [3.05, 3.63) is 17.7 Å². The fourth-order valence-electron chi connectivity index (χ4n) is 1.78. The van der Waals surface area contributed by atoms with Crippen LogP contribution in [0.3, 0.4) is 0 Å². The van der Waals surface area contributed by atoms with Crippen LogP contribution in [0.1, 0.15) is 26.3 Å². The van der Waals surface area contributed by atoms with E-state index in [1.165, 1.54) is 0 Å². The second-order valence-electron chi connectivity index (χ2n) is 5.46. The van der Waals surface area contributed by atoms with Gasteiger partial charge in [-0.1, -0.05) is 0 Å². The molecule has 0 spiro atoms. The first-order valence-corrected chi connectivity index (χ1v) is 7.29. The van der Waals surface area contributed by atoms with Crippen LogP contribution in [0.15, 0.2) is 12.1 Å². The topological polar surface area (TPSA) is 56.8 Å². The van der Waals surface area contributed by atoms with Crippen molar-refractivity contribution < 1.29 is 19.0 Å². The highest BCUT2D eigenvalue weighted by molar-refractivity contribution is 7.80. The smallest absolute Gasteiger partial charge is 0.412 e. The molecule has 0 saturated carbocycles. The first-order valence-electron chi connectivity index (χ1n) is 6.66. The third-order valence-corrected chi connectivity index (χ3v) is 2.85. The van der Waals surface area contributed by atoms with Gasteiger partial charge in [0, 0.05) is 6.07 Å². The molecular weight excluding hydrogens is 290 g/mol. The summed E-state index contributed by atoms with van der Waals surface area (Å²) < 4.78 is 15.8. The van der Waals surface area contributed by atoms with E-state index in [1.807, 2.05) is 26.8 Å². The standard InChI is InChI=1S/C15H23NO4S/c1-15(2,3)20-14(17)16-11-9-13(19-5)12(18-4)8-10(11)6-7-21/h8-9,21H,6-7H2,1-5H3,(H,16,17). The van der Waals surface area contributed by atoms with Crippen LogP contribution in [-0.2, 0) is 11.2 Å². The number of hydrogen-bond donors (Lipinski definition) is 2. The maximum absolute atomic E-state index is 11.9. The number of aryl methyl sites for hydroxylation is 1. The lowest BCUT2D eigenvalue weighted by Crippen LogP contribution is -2.27. The number of anilines is 1. The fraction of sp³-hybridized carbons (Fsp3) is 0.533. The molecule has 0 bridgehead atoms. The van der Waals surface area contributed by atoms with Gasteiger partial charge in [-0.2, -0.15) is 12.6 Å². The molecule has 1 aromatic rings. The highest BCUT2D eigenvalue weighted by atomic mass is 32.1. The van der Waals surface area contributed by atoms with Crippen molar-refractivity contribution in [1.82, 2.24) is 0 Å². The molecule has 5 nitrogen and oxygen atoms in total. The number of methoxy groups -OCH3 is 2. The van der Waals surface area contributed by atoms with Gasteiger partial charge in [0.05, 0.1) is 19.9 Å². The quantitative estimate of drug-likeness (QED) is 0.817. The summed E-state index contributed by atoms with van der Waals surface area (Å²) in [5.74, 6) is 1.81. The zero-order valence-corrected chi connectivity index (χ0v) is 14.0. The number of carbonyl (C=O) groups excluding carboxylic acids is 1. The summed E-state index contributed by atoms with van der Waals surface area (Å²) in [5, 5.41) is 2.75. The molecule has 0 saturated heterocycles. The second-order valence-corrected chi connectivity index (χ2v) is 5.91. The Morgan fingerprint density at radius 3 is 2.24 bits per heavy atom. The Morgan fingerprint density at radius 1 is 1.19 bits per heavy atom. The van der Waals surface area contributed by atoms with E-state index in [2.05, 4.69) is 17.9 Å². The highest BCUT2D eigenvalue weighted by Gasteiger charge is 2.18. The normalized spacial score (nSPS) is 11.0.